The lowest BCUT2D eigenvalue weighted by atomic mass is 9.55. The summed E-state index contributed by atoms with van der Waals surface area (Å²) in [6.07, 6.45) is 6.70. The predicted octanol–water partition coefficient (Wildman–Crippen LogP) is 2.63. The van der Waals surface area contributed by atoms with Gasteiger partial charge in [0.1, 0.15) is 5.60 Å². The Balaban J connectivity index is 1.80. The molecular weight excluding hydrogens is 214 g/mol. The van der Waals surface area contributed by atoms with Gasteiger partial charge in [-0.05, 0) is 64.7 Å². The first-order chi connectivity index (χ1) is 7.80. The number of carbonyl (C=O) groups is 1. The number of carbonyl (C=O) groups excluding carboxylic acids is 1. The molecule has 0 atom stereocenters. The summed E-state index contributed by atoms with van der Waals surface area (Å²) in [7, 11) is 0. The molecule has 2 aliphatic carbocycles. The molecule has 0 amide bonds. The smallest absolute Gasteiger partial charge is 0.309 e. The molecule has 17 heavy (non-hydrogen) atoms. The van der Waals surface area contributed by atoms with Crippen LogP contribution in [0.1, 0.15) is 59.3 Å². The molecule has 0 saturated heterocycles. The fraction of sp³-hybridized carbons (Fsp3) is 0.929. The van der Waals surface area contributed by atoms with Crippen LogP contribution in [0.3, 0.4) is 0 Å². The zero-order valence-electron chi connectivity index (χ0n) is 11.3. The highest BCUT2D eigenvalue weighted by molar-refractivity contribution is 5.74. The van der Waals surface area contributed by atoms with Crippen LogP contribution in [0.5, 0.6) is 0 Å². The summed E-state index contributed by atoms with van der Waals surface area (Å²) in [6, 6.07) is 0.390. The average molecular weight is 239 g/mol. The van der Waals surface area contributed by atoms with Crippen LogP contribution in [-0.2, 0) is 9.53 Å². The minimum absolute atomic E-state index is 0.00185. The van der Waals surface area contributed by atoms with Gasteiger partial charge in [-0.3, -0.25) is 4.79 Å². The van der Waals surface area contributed by atoms with E-state index in [1.165, 1.54) is 12.8 Å². The normalized spacial score (nSPS) is 37.6. The van der Waals surface area contributed by atoms with Crippen LogP contribution in [0, 0.1) is 11.3 Å². The Morgan fingerprint density at radius 1 is 1.24 bits per heavy atom. The minimum atomic E-state index is -0.352. The van der Waals surface area contributed by atoms with Crippen molar-refractivity contribution in [3.8, 4) is 0 Å². The highest BCUT2D eigenvalue weighted by Crippen LogP contribution is 2.55. The van der Waals surface area contributed by atoms with Gasteiger partial charge >= 0.3 is 5.97 Å². The summed E-state index contributed by atoms with van der Waals surface area (Å²) in [6.45, 7) is 5.79. The second kappa shape index (κ2) is 4.27. The number of nitrogens with two attached hydrogens (primary N) is 1. The molecule has 2 saturated carbocycles. The molecule has 0 aromatic rings. The van der Waals surface area contributed by atoms with E-state index >= 15 is 0 Å². The molecule has 2 aliphatic rings. The second-order valence-electron chi connectivity index (χ2n) is 6.98. The van der Waals surface area contributed by atoms with E-state index in [2.05, 4.69) is 0 Å². The maximum atomic E-state index is 11.9. The van der Waals surface area contributed by atoms with Gasteiger partial charge in [-0.25, -0.2) is 0 Å². The number of hydrogen-bond donors (Lipinski definition) is 1. The van der Waals surface area contributed by atoms with Crippen molar-refractivity contribution in [1.29, 1.82) is 0 Å². The highest BCUT2D eigenvalue weighted by Gasteiger charge is 2.49. The quantitative estimate of drug-likeness (QED) is 0.716. The average Bonchev–Trinajstić information content (AvgIpc) is 2.13. The Hall–Kier alpha value is -0.570. The molecule has 0 aliphatic heterocycles. The van der Waals surface area contributed by atoms with E-state index in [9.17, 15) is 4.79 Å². The van der Waals surface area contributed by atoms with Gasteiger partial charge in [-0.2, -0.15) is 0 Å². The van der Waals surface area contributed by atoms with E-state index < -0.39 is 0 Å². The van der Waals surface area contributed by atoms with Gasteiger partial charge in [0.05, 0.1) is 5.92 Å². The van der Waals surface area contributed by atoms with Crippen LogP contribution >= 0.6 is 0 Å². The first-order valence-corrected chi connectivity index (χ1v) is 6.78. The van der Waals surface area contributed by atoms with Crippen molar-refractivity contribution in [3.05, 3.63) is 0 Å². The van der Waals surface area contributed by atoms with Crippen LogP contribution in [0.4, 0.5) is 0 Å². The molecule has 3 heteroatoms. The summed E-state index contributed by atoms with van der Waals surface area (Å²) in [5, 5.41) is 0. The largest absolute Gasteiger partial charge is 0.460 e. The number of hydrogen-bond acceptors (Lipinski definition) is 3. The van der Waals surface area contributed by atoms with Crippen LogP contribution in [0.2, 0.25) is 0 Å². The van der Waals surface area contributed by atoms with Crippen molar-refractivity contribution in [2.24, 2.45) is 17.1 Å². The lowest BCUT2D eigenvalue weighted by molar-refractivity contribution is -0.170. The Kier molecular flexibility index (Phi) is 3.23. The summed E-state index contributed by atoms with van der Waals surface area (Å²) < 4.78 is 5.43. The van der Waals surface area contributed by atoms with Crippen LogP contribution in [-0.4, -0.2) is 17.6 Å². The topological polar surface area (TPSA) is 52.3 Å². The summed E-state index contributed by atoms with van der Waals surface area (Å²) in [4.78, 5) is 11.9. The molecule has 0 aromatic carbocycles. The van der Waals surface area contributed by atoms with Crippen molar-refractivity contribution in [2.75, 3.05) is 0 Å². The van der Waals surface area contributed by atoms with Gasteiger partial charge in [0, 0.05) is 6.04 Å². The van der Waals surface area contributed by atoms with Crippen LogP contribution in [0.15, 0.2) is 0 Å². The van der Waals surface area contributed by atoms with E-state index in [0.29, 0.717) is 11.5 Å². The van der Waals surface area contributed by atoms with E-state index in [1.54, 1.807) is 0 Å². The molecule has 2 rings (SSSR count). The summed E-state index contributed by atoms with van der Waals surface area (Å²) >= 11 is 0. The molecular formula is C14H25NO2. The molecule has 0 radical (unpaired) electrons. The minimum Gasteiger partial charge on any atom is -0.460 e. The lowest BCUT2D eigenvalue weighted by Crippen LogP contribution is -2.47. The molecule has 2 N–H and O–H groups in total. The van der Waals surface area contributed by atoms with E-state index in [-0.39, 0.29) is 17.5 Å². The van der Waals surface area contributed by atoms with Gasteiger partial charge in [-0.15, -0.1) is 0 Å². The molecule has 3 nitrogen and oxygen atoms in total. The number of esters is 1. The number of rotatable bonds is 1. The van der Waals surface area contributed by atoms with Gasteiger partial charge in [0.2, 0.25) is 0 Å². The zero-order valence-corrected chi connectivity index (χ0v) is 11.3. The molecule has 0 bridgehead atoms. The van der Waals surface area contributed by atoms with Crippen molar-refractivity contribution >= 4 is 5.97 Å². The van der Waals surface area contributed by atoms with Crippen LogP contribution in [0.25, 0.3) is 0 Å². The molecule has 0 aromatic heterocycles. The first kappa shape index (κ1) is 12.9. The Bertz CT molecular complexity index is 290. The molecule has 2 fully saturated rings. The van der Waals surface area contributed by atoms with E-state index in [1.807, 2.05) is 20.8 Å². The standard InChI is InChI=1S/C14H25NO2/c1-13(2,3)17-12(16)10-8-14(9-10)6-4-11(15)5-7-14/h10-11H,4-9,15H2,1-3H3. The van der Waals surface area contributed by atoms with Gasteiger partial charge < -0.3 is 10.5 Å². The second-order valence-corrected chi connectivity index (χ2v) is 6.98. The van der Waals surface area contributed by atoms with E-state index in [0.717, 1.165) is 25.7 Å². The fourth-order valence-electron chi connectivity index (χ4n) is 3.20. The van der Waals surface area contributed by atoms with Crippen molar-refractivity contribution < 1.29 is 9.53 Å². The third-order valence-corrected chi connectivity index (χ3v) is 4.19. The molecule has 98 valence electrons. The third-order valence-electron chi connectivity index (χ3n) is 4.19. The summed E-state index contributed by atoms with van der Waals surface area (Å²) in [5.74, 6) is 0.140. The SMILES string of the molecule is CC(C)(C)OC(=O)C1CC2(CCC(N)CC2)C1. The van der Waals surface area contributed by atoms with Gasteiger partial charge in [0.25, 0.3) is 0 Å². The van der Waals surface area contributed by atoms with Crippen LogP contribution < -0.4 is 5.73 Å². The summed E-state index contributed by atoms with van der Waals surface area (Å²) in [5.41, 5.74) is 6.00. The number of ether oxygens (including phenoxy) is 1. The first-order valence-electron chi connectivity index (χ1n) is 6.78. The van der Waals surface area contributed by atoms with Gasteiger partial charge in [0.15, 0.2) is 0 Å². The lowest BCUT2D eigenvalue weighted by Gasteiger charge is -2.50. The zero-order chi connectivity index (χ0) is 12.7. The van der Waals surface area contributed by atoms with Crippen molar-refractivity contribution in [1.82, 2.24) is 0 Å². The Morgan fingerprint density at radius 3 is 2.24 bits per heavy atom. The monoisotopic (exact) mass is 239 g/mol. The maximum absolute atomic E-state index is 11.9. The van der Waals surface area contributed by atoms with E-state index in [4.69, 9.17) is 10.5 Å². The molecule has 0 unspecified atom stereocenters. The van der Waals surface area contributed by atoms with Crippen molar-refractivity contribution in [2.45, 2.75) is 70.9 Å². The highest BCUT2D eigenvalue weighted by atomic mass is 16.6. The molecule has 1 spiro atoms. The molecule has 0 heterocycles. The third kappa shape index (κ3) is 3.01. The maximum Gasteiger partial charge on any atom is 0.309 e. The van der Waals surface area contributed by atoms with Crippen molar-refractivity contribution in [3.63, 3.8) is 0 Å². The predicted molar refractivity (Wildman–Crippen MR) is 67.4 cm³/mol. The fourth-order valence-corrected chi connectivity index (χ4v) is 3.20. The Morgan fingerprint density at radius 2 is 1.76 bits per heavy atom. The van der Waals surface area contributed by atoms with Gasteiger partial charge in [-0.1, -0.05) is 0 Å². The Labute approximate surface area is 104 Å².